The summed E-state index contributed by atoms with van der Waals surface area (Å²) >= 11 is 0. The normalized spacial score (nSPS) is 10.4. The minimum absolute atomic E-state index is 0.833. The Kier molecular flexibility index (Phi) is 4.49. The molecule has 0 spiro atoms. The number of nitrogens with one attached hydrogen (secondary N) is 2. The lowest BCUT2D eigenvalue weighted by Gasteiger charge is -2.01. The average molecular weight is 168 g/mol. The van der Waals surface area contributed by atoms with E-state index < -0.39 is 0 Å². The highest BCUT2D eigenvalue weighted by Gasteiger charge is 1.90. The van der Waals surface area contributed by atoms with Crippen molar-refractivity contribution in [1.29, 1.82) is 0 Å². The Labute approximate surface area is 73.1 Å². The molecule has 0 saturated heterocycles. The van der Waals surface area contributed by atoms with Crippen LogP contribution in [0.4, 0.5) is 0 Å². The third-order valence-corrected chi connectivity index (χ3v) is 1.69. The van der Waals surface area contributed by atoms with Crippen LogP contribution in [0.2, 0.25) is 0 Å². The predicted molar refractivity (Wildman–Crippen MR) is 49.0 cm³/mol. The molecule has 0 aliphatic carbocycles. The van der Waals surface area contributed by atoms with Gasteiger partial charge in [-0.3, -0.25) is 0 Å². The Morgan fingerprint density at radius 2 is 2.50 bits per heavy atom. The second-order valence-corrected chi connectivity index (χ2v) is 2.74. The van der Waals surface area contributed by atoms with Gasteiger partial charge in [0.2, 0.25) is 0 Å². The molecular formula is C9H16N2O. The van der Waals surface area contributed by atoms with E-state index in [9.17, 15) is 0 Å². The van der Waals surface area contributed by atoms with Crippen LogP contribution in [0.5, 0.6) is 0 Å². The highest BCUT2D eigenvalue weighted by Crippen LogP contribution is 1.94. The number of rotatable bonds is 6. The van der Waals surface area contributed by atoms with Crippen LogP contribution in [0.25, 0.3) is 0 Å². The van der Waals surface area contributed by atoms with Gasteiger partial charge in [-0.15, -0.1) is 0 Å². The lowest BCUT2D eigenvalue weighted by molar-refractivity contribution is 0.194. The molecule has 2 N–H and O–H groups in total. The molecule has 0 amide bonds. The molecule has 0 fully saturated rings. The number of hydrogen-bond acceptors (Lipinski definition) is 2. The molecule has 0 aliphatic heterocycles. The fourth-order valence-corrected chi connectivity index (χ4v) is 1.04. The van der Waals surface area contributed by atoms with Crippen molar-refractivity contribution >= 4 is 0 Å². The molecule has 0 aromatic carbocycles. The summed E-state index contributed by atoms with van der Waals surface area (Å²) in [7, 11) is 1.73. The first-order chi connectivity index (χ1) is 5.93. The Balaban J connectivity index is 1.96. The van der Waals surface area contributed by atoms with Crippen molar-refractivity contribution in [2.45, 2.75) is 13.0 Å². The SMILES string of the molecule is COCCCNCc1cc[nH]c1. The van der Waals surface area contributed by atoms with Gasteiger partial charge in [-0.1, -0.05) is 0 Å². The zero-order valence-electron chi connectivity index (χ0n) is 7.47. The van der Waals surface area contributed by atoms with Gasteiger partial charge in [0.05, 0.1) is 0 Å². The number of H-pyrrole nitrogens is 1. The van der Waals surface area contributed by atoms with E-state index in [0.717, 1.165) is 26.1 Å². The van der Waals surface area contributed by atoms with Gasteiger partial charge in [-0.25, -0.2) is 0 Å². The van der Waals surface area contributed by atoms with E-state index in [1.807, 2.05) is 12.4 Å². The van der Waals surface area contributed by atoms with E-state index in [0.29, 0.717) is 0 Å². The van der Waals surface area contributed by atoms with Crippen LogP contribution in [-0.4, -0.2) is 25.2 Å². The summed E-state index contributed by atoms with van der Waals surface area (Å²) < 4.78 is 4.93. The zero-order valence-corrected chi connectivity index (χ0v) is 7.47. The Hall–Kier alpha value is -0.800. The fourth-order valence-electron chi connectivity index (χ4n) is 1.04. The standard InChI is InChI=1S/C9H16N2O/c1-12-6-2-4-10-7-9-3-5-11-8-9/h3,5,8,10-11H,2,4,6-7H2,1H3. The monoisotopic (exact) mass is 168 g/mol. The number of aromatic amines is 1. The summed E-state index contributed by atoms with van der Waals surface area (Å²) in [6.07, 6.45) is 5.01. The Bertz CT molecular complexity index is 184. The summed E-state index contributed by atoms with van der Waals surface area (Å²) in [5, 5.41) is 3.32. The zero-order chi connectivity index (χ0) is 8.65. The van der Waals surface area contributed by atoms with Gasteiger partial charge in [0.15, 0.2) is 0 Å². The van der Waals surface area contributed by atoms with Crippen LogP contribution in [0, 0.1) is 0 Å². The maximum Gasteiger partial charge on any atom is 0.0474 e. The van der Waals surface area contributed by atoms with Gasteiger partial charge in [0.25, 0.3) is 0 Å². The third kappa shape index (κ3) is 3.55. The maximum atomic E-state index is 4.93. The van der Waals surface area contributed by atoms with Crippen molar-refractivity contribution < 1.29 is 4.74 Å². The van der Waals surface area contributed by atoms with Gasteiger partial charge in [-0.2, -0.15) is 0 Å². The van der Waals surface area contributed by atoms with Crippen LogP contribution in [0.15, 0.2) is 18.5 Å². The van der Waals surface area contributed by atoms with Gasteiger partial charge in [0.1, 0.15) is 0 Å². The molecule has 0 atom stereocenters. The Morgan fingerprint density at radius 3 is 3.17 bits per heavy atom. The lowest BCUT2D eigenvalue weighted by Crippen LogP contribution is -2.15. The quantitative estimate of drug-likeness (QED) is 0.625. The van der Waals surface area contributed by atoms with Crippen molar-refractivity contribution in [2.75, 3.05) is 20.3 Å². The second kappa shape index (κ2) is 5.80. The van der Waals surface area contributed by atoms with E-state index in [4.69, 9.17) is 4.74 Å². The fraction of sp³-hybridized carbons (Fsp3) is 0.556. The highest BCUT2D eigenvalue weighted by atomic mass is 16.5. The molecule has 1 aromatic rings. The van der Waals surface area contributed by atoms with Crippen LogP contribution in [0.3, 0.4) is 0 Å². The number of ether oxygens (including phenoxy) is 1. The molecule has 1 rings (SSSR count). The molecule has 68 valence electrons. The van der Waals surface area contributed by atoms with Crippen molar-refractivity contribution in [3.8, 4) is 0 Å². The third-order valence-electron chi connectivity index (χ3n) is 1.69. The van der Waals surface area contributed by atoms with E-state index in [2.05, 4.69) is 16.4 Å². The predicted octanol–water partition coefficient (Wildman–Crippen LogP) is 1.14. The van der Waals surface area contributed by atoms with Crippen LogP contribution < -0.4 is 5.32 Å². The first-order valence-corrected chi connectivity index (χ1v) is 4.25. The van der Waals surface area contributed by atoms with Crippen molar-refractivity contribution in [3.63, 3.8) is 0 Å². The van der Waals surface area contributed by atoms with Gasteiger partial charge >= 0.3 is 0 Å². The van der Waals surface area contributed by atoms with Gasteiger partial charge in [0, 0.05) is 32.7 Å². The van der Waals surface area contributed by atoms with Crippen LogP contribution in [-0.2, 0) is 11.3 Å². The molecule has 0 unspecified atom stereocenters. The lowest BCUT2D eigenvalue weighted by atomic mass is 10.3. The summed E-state index contributed by atoms with van der Waals surface area (Å²) in [4.78, 5) is 3.02. The first kappa shape index (κ1) is 9.29. The molecule has 0 bridgehead atoms. The molecule has 1 heterocycles. The summed E-state index contributed by atoms with van der Waals surface area (Å²) in [5.41, 5.74) is 1.30. The molecule has 0 saturated carbocycles. The maximum absolute atomic E-state index is 4.93. The highest BCUT2D eigenvalue weighted by molar-refractivity contribution is 5.07. The number of aromatic nitrogens is 1. The Morgan fingerprint density at radius 1 is 1.58 bits per heavy atom. The van der Waals surface area contributed by atoms with Crippen LogP contribution in [0.1, 0.15) is 12.0 Å². The van der Waals surface area contributed by atoms with Crippen LogP contribution >= 0.6 is 0 Å². The summed E-state index contributed by atoms with van der Waals surface area (Å²) in [6, 6.07) is 2.07. The number of hydrogen-bond donors (Lipinski definition) is 2. The van der Waals surface area contributed by atoms with E-state index in [1.54, 1.807) is 7.11 Å². The minimum Gasteiger partial charge on any atom is -0.385 e. The van der Waals surface area contributed by atoms with Crippen molar-refractivity contribution in [1.82, 2.24) is 10.3 Å². The summed E-state index contributed by atoms with van der Waals surface area (Å²) in [6.45, 7) is 2.78. The van der Waals surface area contributed by atoms with E-state index in [-0.39, 0.29) is 0 Å². The second-order valence-electron chi connectivity index (χ2n) is 2.74. The molecule has 0 aliphatic rings. The minimum atomic E-state index is 0.833. The topological polar surface area (TPSA) is 37.0 Å². The summed E-state index contributed by atoms with van der Waals surface area (Å²) in [5.74, 6) is 0. The van der Waals surface area contributed by atoms with E-state index >= 15 is 0 Å². The average Bonchev–Trinajstić information content (AvgIpc) is 2.57. The van der Waals surface area contributed by atoms with Gasteiger partial charge < -0.3 is 15.0 Å². The molecule has 3 heteroatoms. The van der Waals surface area contributed by atoms with Gasteiger partial charge in [-0.05, 0) is 24.6 Å². The number of methoxy groups -OCH3 is 1. The molecule has 1 aromatic heterocycles. The van der Waals surface area contributed by atoms with Crippen molar-refractivity contribution in [2.24, 2.45) is 0 Å². The molecule has 12 heavy (non-hydrogen) atoms. The largest absolute Gasteiger partial charge is 0.385 e. The smallest absolute Gasteiger partial charge is 0.0474 e. The van der Waals surface area contributed by atoms with E-state index in [1.165, 1.54) is 5.56 Å². The van der Waals surface area contributed by atoms with Crippen molar-refractivity contribution in [3.05, 3.63) is 24.0 Å². The first-order valence-electron chi connectivity index (χ1n) is 4.25. The molecule has 0 radical (unpaired) electrons. The molecule has 3 nitrogen and oxygen atoms in total. The molecular weight excluding hydrogens is 152 g/mol.